The van der Waals surface area contributed by atoms with E-state index in [0.717, 1.165) is 16.3 Å². The van der Waals surface area contributed by atoms with Crippen molar-refractivity contribution in [1.29, 1.82) is 5.26 Å². The van der Waals surface area contributed by atoms with Crippen LogP contribution in [0.15, 0.2) is 39.1 Å². The van der Waals surface area contributed by atoms with Gasteiger partial charge in [-0.2, -0.15) is 5.26 Å². The largest absolute Gasteiger partial charge is 0.461 e. The predicted molar refractivity (Wildman–Crippen MR) is 99.0 cm³/mol. The number of carbonyl (C=O) groups is 1. The average Bonchev–Trinajstić information content (AvgIpc) is 3.29. The molecule has 3 aromatic rings. The fraction of sp³-hybridized carbons (Fsp3) is 0.222. The van der Waals surface area contributed by atoms with E-state index in [1.807, 2.05) is 24.4 Å². The van der Waals surface area contributed by atoms with Gasteiger partial charge in [-0.25, -0.2) is 14.8 Å². The Bertz CT molecular complexity index is 959. The van der Waals surface area contributed by atoms with Gasteiger partial charge in [-0.05, 0) is 37.4 Å². The first-order valence-corrected chi connectivity index (χ1v) is 9.70. The lowest BCUT2D eigenvalue weighted by atomic mass is 10.2. The molecule has 0 aliphatic heterocycles. The van der Waals surface area contributed by atoms with Crippen molar-refractivity contribution in [3.05, 3.63) is 52.4 Å². The third-order valence-electron chi connectivity index (χ3n) is 3.44. The first-order chi connectivity index (χ1) is 12.6. The molecule has 0 aliphatic rings. The molecule has 0 fully saturated rings. The van der Waals surface area contributed by atoms with Gasteiger partial charge in [0.25, 0.3) is 0 Å². The van der Waals surface area contributed by atoms with Crippen molar-refractivity contribution in [2.75, 3.05) is 6.61 Å². The second-order valence-corrected chi connectivity index (χ2v) is 7.08. The lowest BCUT2D eigenvalue weighted by molar-refractivity contribution is 0.0518. The quantitative estimate of drug-likeness (QED) is 0.457. The number of hydrogen-bond acceptors (Lipinski definition) is 8. The van der Waals surface area contributed by atoms with E-state index in [0.29, 0.717) is 22.2 Å². The molecule has 26 heavy (non-hydrogen) atoms. The number of nitrogens with zero attached hydrogens (tertiary/aromatic N) is 3. The van der Waals surface area contributed by atoms with E-state index in [2.05, 4.69) is 16.0 Å². The van der Waals surface area contributed by atoms with Gasteiger partial charge in [0.2, 0.25) is 5.89 Å². The molecule has 0 N–H and O–H groups in total. The summed E-state index contributed by atoms with van der Waals surface area (Å²) in [6.07, 6.45) is 0. The molecule has 3 aromatic heterocycles. The van der Waals surface area contributed by atoms with Crippen LogP contribution in [0.2, 0.25) is 0 Å². The highest BCUT2D eigenvalue weighted by atomic mass is 32.2. The maximum atomic E-state index is 11.9. The van der Waals surface area contributed by atoms with Gasteiger partial charge in [-0.3, -0.25) is 0 Å². The molecule has 3 rings (SSSR count). The normalized spacial score (nSPS) is 10.5. The Balaban J connectivity index is 1.80. The molecule has 0 saturated heterocycles. The Labute approximate surface area is 158 Å². The average molecular weight is 385 g/mol. The zero-order valence-electron chi connectivity index (χ0n) is 14.2. The minimum absolute atomic E-state index is 0.185. The van der Waals surface area contributed by atoms with E-state index in [-0.39, 0.29) is 12.3 Å². The molecule has 8 heteroatoms. The van der Waals surface area contributed by atoms with Gasteiger partial charge >= 0.3 is 5.97 Å². The van der Waals surface area contributed by atoms with E-state index in [1.54, 1.807) is 24.3 Å². The molecule has 0 saturated carbocycles. The molecular formula is C18H15N3O3S2. The van der Waals surface area contributed by atoms with E-state index in [9.17, 15) is 10.1 Å². The molecule has 0 amide bonds. The second-order valence-electron chi connectivity index (χ2n) is 5.17. The first kappa shape index (κ1) is 18.2. The zero-order chi connectivity index (χ0) is 18.5. The van der Waals surface area contributed by atoms with Crippen molar-refractivity contribution in [1.82, 2.24) is 9.97 Å². The molecule has 0 spiro atoms. The van der Waals surface area contributed by atoms with Gasteiger partial charge in [0, 0.05) is 5.75 Å². The van der Waals surface area contributed by atoms with Crippen LogP contribution in [0.3, 0.4) is 0 Å². The predicted octanol–water partition coefficient (Wildman–Crippen LogP) is 4.45. The van der Waals surface area contributed by atoms with Gasteiger partial charge in [-0.1, -0.05) is 17.8 Å². The molecule has 0 aliphatic carbocycles. The minimum Gasteiger partial charge on any atom is -0.461 e. The van der Waals surface area contributed by atoms with Crippen molar-refractivity contribution in [2.45, 2.75) is 24.6 Å². The maximum absolute atomic E-state index is 11.9. The monoisotopic (exact) mass is 385 g/mol. The molecule has 6 nitrogen and oxygen atoms in total. The summed E-state index contributed by atoms with van der Waals surface area (Å²) < 4.78 is 10.7. The number of ether oxygens (including phenoxy) is 1. The minimum atomic E-state index is -0.503. The summed E-state index contributed by atoms with van der Waals surface area (Å²) in [7, 11) is 0. The third-order valence-corrected chi connectivity index (χ3v) is 5.30. The van der Waals surface area contributed by atoms with Crippen LogP contribution in [0.4, 0.5) is 0 Å². The van der Waals surface area contributed by atoms with Crippen LogP contribution in [0.25, 0.3) is 10.8 Å². The number of pyridine rings is 1. The van der Waals surface area contributed by atoms with E-state index >= 15 is 0 Å². The lowest BCUT2D eigenvalue weighted by Crippen LogP contribution is -2.08. The number of nitriles is 1. The summed E-state index contributed by atoms with van der Waals surface area (Å²) in [5.74, 6) is 1.29. The fourth-order valence-corrected chi connectivity index (χ4v) is 3.78. The van der Waals surface area contributed by atoms with E-state index < -0.39 is 5.97 Å². The van der Waals surface area contributed by atoms with E-state index in [1.165, 1.54) is 17.8 Å². The number of aryl methyl sites for hydroxylation is 1. The number of hydrogen-bond donors (Lipinski definition) is 0. The Morgan fingerprint density at radius 1 is 1.38 bits per heavy atom. The highest BCUT2D eigenvalue weighted by Gasteiger charge is 2.16. The summed E-state index contributed by atoms with van der Waals surface area (Å²) in [5.41, 5.74) is 1.37. The summed E-state index contributed by atoms with van der Waals surface area (Å²) in [5, 5.41) is 11.7. The van der Waals surface area contributed by atoms with Gasteiger partial charge in [0.05, 0.1) is 22.7 Å². The number of aromatic nitrogens is 2. The number of thioether (sulfide) groups is 1. The molecular weight excluding hydrogens is 370 g/mol. The van der Waals surface area contributed by atoms with Crippen molar-refractivity contribution >= 4 is 29.1 Å². The molecule has 0 bridgehead atoms. The van der Waals surface area contributed by atoms with Crippen LogP contribution in [0.5, 0.6) is 0 Å². The van der Waals surface area contributed by atoms with Crippen LogP contribution in [0, 0.1) is 18.3 Å². The molecule has 0 aromatic carbocycles. The number of oxazole rings is 1. The SMILES string of the molecule is CCOC(=O)c1ccc(C#N)c(SCc2nc(-c3cccs3)oc2C)n1. The van der Waals surface area contributed by atoms with Gasteiger partial charge in [0.1, 0.15) is 22.5 Å². The second kappa shape index (κ2) is 8.17. The van der Waals surface area contributed by atoms with E-state index in [4.69, 9.17) is 9.15 Å². The maximum Gasteiger partial charge on any atom is 0.356 e. The van der Waals surface area contributed by atoms with Crippen molar-refractivity contribution < 1.29 is 13.9 Å². The Morgan fingerprint density at radius 3 is 2.92 bits per heavy atom. The number of esters is 1. The van der Waals surface area contributed by atoms with Gasteiger partial charge in [-0.15, -0.1) is 11.3 Å². The number of rotatable bonds is 6. The highest BCUT2D eigenvalue weighted by Crippen LogP contribution is 2.30. The number of thiophene rings is 1. The van der Waals surface area contributed by atoms with Crippen molar-refractivity contribution in [3.63, 3.8) is 0 Å². The van der Waals surface area contributed by atoms with Gasteiger partial charge in [0.15, 0.2) is 0 Å². The molecule has 3 heterocycles. The zero-order valence-corrected chi connectivity index (χ0v) is 15.8. The summed E-state index contributed by atoms with van der Waals surface area (Å²) in [6.45, 7) is 3.86. The van der Waals surface area contributed by atoms with Crippen LogP contribution in [-0.4, -0.2) is 22.5 Å². The third kappa shape index (κ3) is 3.95. The number of carbonyl (C=O) groups excluding carboxylic acids is 1. The van der Waals surface area contributed by atoms with Crippen LogP contribution < -0.4 is 0 Å². The van der Waals surface area contributed by atoms with Crippen molar-refractivity contribution in [2.24, 2.45) is 0 Å². The Morgan fingerprint density at radius 2 is 2.23 bits per heavy atom. The molecule has 132 valence electrons. The Kier molecular flexibility index (Phi) is 5.71. The van der Waals surface area contributed by atoms with Crippen molar-refractivity contribution in [3.8, 4) is 16.8 Å². The van der Waals surface area contributed by atoms with Crippen LogP contribution in [-0.2, 0) is 10.5 Å². The summed E-state index contributed by atoms with van der Waals surface area (Å²) in [4.78, 5) is 21.6. The first-order valence-electron chi connectivity index (χ1n) is 7.83. The Hall–Kier alpha value is -2.63. The fourth-order valence-electron chi connectivity index (χ4n) is 2.16. The standard InChI is InChI=1S/C18H15N3O3S2/c1-3-23-18(22)13-7-6-12(9-19)17(21-13)26-10-14-11(2)24-16(20-14)15-5-4-8-25-15/h4-8H,3,10H2,1-2H3. The van der Waals surface area contributed by atoms with Crippen LogP contribution in [0.1, 0.15) is 34.4 Å². The smallest absolute Gasteiger partial charge is 0.356 e. The molecule has 0 unspecified atom stereocenters. The topological polar surface area (TPSA) is 89.0 Å². The lowest BCUT2D eigenvalue weighted by Gasteiger charge is -2.05. The van der Waals surface area contributed by atoms with Crippen LogP contribution >= 0.6 is 23.1 Å². The highest BCUT2D eigenvalue weighted by molar-refractivity contribution is 7.98. The summed E-state index contributed by atoms with van der Waals surface area (Å²) in [6, 6.07) is 9.06. The molecule has 0 atom stereocenters. The van der Waals surface area contributed by atoms with Gasteiger partial charge < -0.3 is 9.15 Å². The molecule has 0 radical (unpaired) electrons. The summed E-state index contributed by atoms with van der Waals surface area (Å²) >= 11 is 2.90.